The minimum absolute atomic E-state index is 0.373. The second kappa shape index (κ2) is 5.73. The van der Waals surface area contributed by atoms with Crippen molar-refractivity contribution in [2.24, 2.45) is 0 Å². The molecule has 0 aliphatic rings. The maximum atomic E-state index is 13.9. The van der Waals surface area contributed by atoms with Gasteiger partial charge in [0.1, 0.15) is 10.6 Å². The van der Waals surface area contributed by atoms with Gasteiger partial charge in [-0.25, -0.2) is 14.4 Å². The maximum Gasteiger partial charge on any atom is 0.166 e. The van der Waals surface area contributed by atoms with E-state index in [1.54, 1.807) is 23.6 Å². The minimum atomic E-state index is -0.411. The summed E-state index contributed by atoms with van der Waals surface area (Å²) in [5, 5.41) is 4.29. The molecule has 0 fully saturated rings. The molecule has 3 rings (SSSR count). The zero-order valence-electron chi connectivity index (χ0n) is 11.9. The molecule has 3 heterocycles. The van der Waals surface area contributed by atoms with Gasteiger partial charge in [0.15, 0.2) is 11.6 Å². The number of hydrogen-bond donors (Lipinski definition) is 1. The van der Waals surface area contributed by atoms with Gasteiger partial charge < -0.3 is 5.32 Å². The number of nitrogens with one attached hydrogen (secondary N) is 1. The molecule has 0 spiro atoms. The van der Waals surface area contributed by atoms with Gasteiger partial charge in [-0.05, 0) is 25.5 Å². The number of halogens is 1. The van der Waals surface area contributed by atoms with Crippen molar-refractivity contribution in [3.05, 3.63) is 35.2 Å². The first kappa shape index (κ1) is 13.9. The maximum absolute atomic E-state index is 13.9. The Morgan fingerprint density at radius 2 is 2.19 bits per heavy atom. The highest BCUT2D eigenvalue weighted by Crippen LogP contribution is 2.31. The third kappa shape index (κ3) is 2.71. The van der Waals surface area contributed by atoms with Crippen LogP contribution in [0.2, 0.25) is 0 Å². The second-order valence-corrected chi connectivity index (χ2v) is 5.99. The standard InChI is InChI=1S/C15H15FN4S/c1-3-5-18-13-11-7-9(2)21-15(11)20-14(19-13)10-4-6-17-8-12(10)16/h4,6-8H,3,5H2,1-2H3,(H,18,19,20). The van der Waals surface area contributed by atoms with Crippen LogP contribution in [0.4, 0.5) is 10.2 Å². The molecular formula is C15H15FN4S. The minimum Gasteiger partial charge on any atom is -0.369 e. The van der Waals surface area contributed by atoms with Crippen LogP contribution < -0.4 is 5.32 Å². The molecule has 0 radical (unpaired) electrons. The van der Waals surface area contributed by atoms with Crippen LogP contribution in [0.3, 0.4) is 0 Å². The van der Waals surface area contributed by atoms with E-state index in [1.165, 1.54) is 6.20 Å². The van der Waals surface area contributed by atoms with Crippen LogP contribution in [0.15, 0.2) is 24.5 Å². The Balaban J connectivity index is 2.17. The molecule has 21 heavy (non-hydrogen) atoms. The summed E-state index contributed by atoms with van der Waals surface area (Å²) in [7, 11) is 0. The number of anilines is 1. The van der Waals surface area contributed by atoms with Gasteiger partial charge in [-0.2, -0.15) is 0 Å². The summed E-state index contributed by atoms with van der Waals surface area (Å²) >= 11 is 1.59. The summed E-state index contributed by atoms with van der Waals surface area (Å²) in [6.07, 6.45) is 3.72. The molecule has 3 aromatic rings. The normalized spacial score (nSPS) is 11.0. The molecule has 6 heteroatoms. The first-order valence-corrected chi connectivity index (χ1v) is 7.62. The van der Waals surface area contributed by atoms with E-state index in [0.29, 0.717) is 11.4 Å². The lowest BCUT2D eigenvalue weighted by molar-refractivity contribution is 0.624. The Labute approximate surface area is 126 Å². The molecule has 0 saturated heterocycles. The van der Waals surface area contributed by atoms with Crippen molar-refractivity contribution in [2.45, 2.75) is 20.3 Å². The van der Waals surface area contributed by atoms with Gasteiger partial charge in [0.25, 0.3) is 0 Å². The van der Waals surface area contributed by atoms with Gasteiger partial charge in [0, 0.05) is 17.6 Å². The molecule has 0 saturated carbocycles. The van der Waals surface area contributed by atoms with E-state index < -0.39 is 5.82 Å². The Morgan fingerprint density at radius 3 is 2.95 bits per heavy atom. The Morgan fingerprint density at radius 1 is 1.33 bits per heavy atom. The van der Waals surface area contributed by atoms with Gasteiger partial charge in [-0.3, -0.25) is 4.98 Å². The van der Waals surface area contributed by atoms with Gasteiger partial charge in [0.05, 0.1) is 17.1 Å². The molecule has 0 bridgehead atoms. The first-order valence-electron chi connectivity index (χ1n) is 6.81. The number of rotatable bonds is 4. The molecule has 0 aliphatic carbocycles. The quantitative estimate of drug-likeness (QED) is 0.790. The average Bonchev–Trinajstić information content (AvgIpc) is 2.85. The number of pyridine rings is 1. The van der Waals surface area contributed by atoms with Gasteiger partial charge in [-0.1, -0.05) is 6.92 Å². The van der Waals surface area contributed by atoms with Crippen LogP contribution in [0.1, 0.15) is 18.2 Å². The van der Waals surface area contributed by atoms with E-state index in [2.05, 4.69) is 33.3 Å². The molecule has 0 aromatic carbocycles. The van der Waals surface area contributed by atoms with Crippen molar-refractivity contribution < 1.29 is 4.39 Å². The van der Waals surface area contributed by atoms with Crippen molar-refractivity contribution in [1.29, 1.82) is 0 Å². The molecule has 0 atom stereocenters. The smallest absolute Gasteiger partial charge is 0.166 e. The molecule has 1 N–H and O–H groups in total. The van der Waals surface area contributed by atoms with Crippen LogP contribution in [0.5, 0.6) is 0 Å². The average molecular weight is 302 g/mol. The number of thiophene rings is 1. The van der Waals surface area contributed by atoms with Gasteiger partial charge >= 0.3 is 0 Å². The largest absolute Gasteiger partial charge is 0.369 e. The van der Waals surface area contributed by atoms with Crippen LogP contribution in [0, 0.1) is 12.7 Å². The number of fused-ring (bicyclic) bond motifs is 1. The van der Waals surface area contributed by atoms with E-state index in [0.717, 1.165) is 33.9 Å². The lowest BCUT2D eigenvalue weighted by Gasteiger charge is -2.08. The predicted molar refractivity (Wildman–Crippen MR) is 84.1 cm³/mol. The third-order valence-electron chi connectivity index (χ3n) is 3.07. The molecule has 4 nitrogen and oxygen atoms in total. The molecule has 0 amide bonds. The molecule has 0 aliphatic heterocycles. The second-order valence-electron chi connectivity index (χ2n) is 4.75. The monoisotopic (exact) mass is 302 g/mol. The van der Waals surface area contributed by atoms with Crippen LogP contribution >= 0.6 is 11.3 Å². The number of hydrogen-bond acceptors (Lipinski definition) is 5. The van der Waals surface area contributed by atoms with Crippen molar-refractivity contribution >= 4 is 27.4 Å². The Hall–Kier alpha value is -2.08. The highest BCUT2D eigenvalue weighted by atomic mass is 32.1. The lowest BCUT2D eigenvalue weighted by Crippen LogP contribution is -2.04. The molecule has 108 valence electrons. The summed E-state index contributed by atoms with van der Waals surface area (Å²) in [4.78, 5) is 14.8. The van der Waals surface area contributed by atoms with E-state index >= 15 is 0 Å². The SMILES string of the molecule is CCCNc1nc(-c2ccncc2F)nc2sc(C)cc12. The summed E-state index contributed by atoms with van der Waals surface area (Å²) in [5.74, 6) is 0.742. The Kier molecular flexibility index (Phi) is 3.79. The summed E-state index contributed by atoms with van der Waals surface area (Å²) in [6.45, 7) is 4.94. The zero-order chi connectivity index (χ0) is 14.8. The lowest BCUT2D eigenvalue weighted by atomic mass is 10.2. The van der Waals surface area contributed by atoms with Gasteiger partial charge in [-0.15, -0.1) is 11.3 Å². The Bertz CT molecular complexity index is 784. The fourth-order valence-corrected chi connectivity index (χ4v) is 2.98. The highest BCUT2D eigenvalue weighted by Gasteiger charge is 2.14. The summed E-state index contributed by atoms with van der Waals surface area (Å²) in [6, 6.07) is 3.66. The third-order valence-corrected chi connectivity index (χ3v) is 4.02. The predicted octanol–water partition coefficient (Wildman–Crippen LogP) is 4.02. The van der Waals surface area contributed by atoms with Crippen molar-refractivity contribution in [3.8, 4) is 11.4 Å². The molecular weight excluding hydrogens is 287 g/mol. The molecule has 3 aromatic heterocycles. The van der Waals surface area contributed by atoms with Crippen LogP contribution in [0.25, 0.3) is 21.6 Å². The van der Waals surface area contributed by atoms with Crippen molar-refractivity contribution in [1.82, 2.24) is 15.0 Å². The van der Waals surface area contributed by atoms with Crippen molar-refractivity contribution in [3.63, 3.8) is 0 Å². The van der Waals surface area contributed by atoms with E-state index in [9.17, 15) is 4.39 Å². The number of aryl methyl sites for hydroxylation is 1. The van der Waals surface area contributed by atoms with Crippen molar-refractivity contribution in [2.75, 3.05) is 11.9 Å². The zero-order valence-corrected chi connectivity index (χ0v) is 12.7. The van der Waals surface area contributed by atoms with Crippen LogP contribution in [-0.4, -0.2) is 21.5 Å². The highest BCUT2D eigenvalue weighted by molar-refractivity contribution is 7.18. The fraction of sp³-hybridized carbons (Fsp3) is 0.267. The first-order chi connectivity index (χ1) is 10.2. The molecule has 0 unspecified atom stereocenters. The van der Waals surface area contributed by atoms with Gasteiger partial charge in [0.2, 0.25) is 0 Å². The fourth-order valence-electron chi connectivity index (χ4n) is 2.10. The summed E-state index contributed by atoms with van der Waals surface area (Å²) < 4.78 is 13.9. The number of aromatic nitrogens is 3. The number of nitrogens with zero attached hydrogens (tertiary/aromatic N) is 3. The van der Waals surface area contributed by atoms with E-state index in [4.69, 9.17) is 0 Å². The topological polar surface area (TPSA) is 50.7 Å². The van der Waals surface area contributed by atoms with E-state index in [-0.39, 0.29) is 0 Å². The van der Waals surface area contributed by atoms with Crippen LogP contribution in [-0.2, 0) is 0 Å². The van der Waals surface area contributed by atoms with E-state index in [1.807, 2.05) is 6.92 Å². The summed E-state index contributed by atoms with van der Waals surface area (Å²) in [5.41, 5.74) is 0.373.